The normalized spacial score (nSPS) is 10.7. The highest BCUT2D eigenvalue weighted by molar-refractivity contribution is 6.33. The molecule has 0 saturated heterocycles. The molecule has 1 aromatic heterocycles. The molecule has 4 nitrogen and oxygen atoms in total. The van der Waals surface area contributed by atoms with Gasteiger partial charge >= 0.3 is 0 Å². The highest BCUT2D eigenvalue weighted by atomic mass is 35.5. The smallest absolute Gasteiger partial charge is 0.272 e. The molecular weight excluding hydrogens is 360 g/mol. The molecule has 1 amide bonds. The topological polar surface area (TPSA) is 54.1 Å². The second kappa shape index (κ2) is 7.56. The van der Waals surface area contributed by atoms with E-state index in [1.165, 1.54) is 0 Å². The van der Waals surface area contributed by atoms with E-state index in [-0.39, 0.29) is 5.91 Å². The van der Waals surface area contributed by atoms with Gasteiger partial charge < -0.3 is 15.0 Å². The lowest BCUT2D eigenvalue weighted by Gasteiger charge is -2.06. The van der Waals surface area contributed by atoms with Gasteiger partial charge in [0.1, 0.15) is 18.1 Å². The van der Waals surface area contributed by atoms with Crippen LogP contribution in [0.2, 0.25) is 5.02 Å². The summed E-state index contributed by atoms with van der Waals surface area (Å²) in [6.45, 7) is 0.493. The molecular formula is C22H17ClN2O2. The van der Waals surface area contributed by atoms with Crippen LogP contribution in [0.3, 0.4) is 0 Å². The molecule has 27 heavy (non-hydrogen) atoms. The molecule has 0 unspecified atom stereocenters. The number of nitrogens with one attached hydrogen (secondary N) is 2. The van der Waals surface area contributed by atoms with Crippen LogP contribution in [0.15, 0.2) is 78.9 Å². The lowest BCUT2D eigenvalue weighted by atomic mass is 10.2. The van der Waals surface area contributed by atoms with Crippen molar-refractivity contribution in [3.63, 3.8) is 0 Å². The van der Waals surface area contributed by atoms with Gasteiger partial charge in [-0.3, -0.25) is 4.79 Å². The number of carbonyl (C=O) groups excluding carboxylic acids is 1. The van der Waals surface area contributed by atoms with E-state index < -0.39 is 0 Å². The average molecular weight is 377 g/mol. The van der Waals surface area contributed by atoms with Crippen molar-refractivity contribution in [3.05, 3.63) is 95.1 Å². The zero-order chi connectivity index (χ0) is 18.6. The van der Waals surface area contributed by atoms with E-state index in [9.17, 15) is 4.79 Å². The van der Waals surface area contributed by atoms with Gasteiger partial charge in [-0.25, -0.2) is 0 Å². The number of halogens is 1. The fourth-order valence-electron chi connectivity index (χ4n) is 2.81. The van der Waals surface area contributed by atoms with Crippen LogP contribution in [-0.2, 0) is 6.61 Å². The van der Waals surface area contributed by atoms with Crippen molar-refractivity contribution in [2.24, 2.45) is 0 Å². The number of aromatic amines is 1. The number of aromatic nitrogens is 1. The second-order valence-electron chi connectivity index (χ2n) is 6.14. The second-order valence-corrected chi connectivity index (χ2v) is 6.55. The number of ether oxygens (including phenoxy) is 1. The molecule has 0 fully saturated rings. The van der Waals surface area contributed by atoms with Gasteiger partial charge in [0.15, 0.2) is 0 Å². The molecule has 0 aliphatic rings. The average Bonchev–Trinajstić information content (AvgIpc) is 3.12. The van der Waals surface area contributed by atoms with Gasteiger partial charge in [0.25, 0.3) is 5.91 Å². The van der Waals surface area contributed by atoms with Gasteiger partial charge in [-0.1, -0.05) is 54.1 Å². The van der Waals surface area contributed by atoms with Gasteiger partial charge in [0, 0.05) is 17.0 Å². The molecule has 0 atom stereocenters. The van der Waals surface area contributed by atoms with Crippen LogP contribution in [0.4, 0.5) is 5.69 Å². The zero-order valence-electron chi connectivity index (χ0n) is 14.4. The van der Waals surface area contributed by atoms with Crippen molar-refractivity contribution in [3.8, 4) is 5.75 Å². The Kier molecular flexibility index (Phi) is 4.81. The summed E-state index contributed by atoms with van der Waals surface area (Å²) in [5.41, 5.74) is 2.98. The maximum atomic E-state index is 12.5. The summed E-state index contributed by atoms with van der Waals surface area (Å²) in [5, 5.41) is 4.25. The summed E-state index contributed by atoms with van der Waals surface area (Å²) >= 11 is 6.10. The molecule has 3 aromatic carbocycles. The highest BCUT2D eigenvalue weighted by Crippen LogP contribution is 2.24. The monoisotopic (exact) mass is 376 g/mol. The summed E-state index contributed by atoms with van der Waals surface area (Å²) in [6.07, 6.45) is 0. The van der Waals surface area contributed by atoms with Crippen LogP contribution in [0.25, 0.3) is 10.9 Å². The first kappa shape index (κ1) is 17.2. The van der Waals surface area contributed by atoms with Crippen molar-refractivity contribution in [1.29, 1.82) is 0 Å². The summed E-state index contributed by atoms with van der Waals surface area (Å²) in [6, 6.07) is 24.6. The number of hydrogen-bond acceptors (Lipinski definition) is 2. The predicted molar refractivity (Wildman–Crippen MR) is 108 cm³/mol. The number of fused-ring (bicyclic) bond motifs is 1. The molecule has 0 spiro atoms. The van der Waals surface area contributed by atoms with E-state index in [0.717, 1.165) is 22.2 Å². The Morgan fingerprint density at radius 3 is 2.56 bits per heavy atom. The van der Waals surface area contributed by atoms with Crippen molar-refractivity contribution < 1.29 is 9.53 Å². The Morgan fingerprint density at radius 1 is 0.963 bits per heavy atom. The molecule has 0 aliphatic heterocycles. The number of hydrogen-bond donors (Lipinski definition) is 2. The molecule has 2 N–H and O–H groups in total. The Morgan fingerprint density at radius 2 is 1.74 bits per heavy atom. The maximum Gasteiger partial charge on any atom is 0.272 e. The summed E-state index contributed by atoms with van der Waals surface area (Å²) in [5.74, 6) is 0.498. The highest BCUT2D eigenvalue weighted by Gasteiger charge is 2.12. The van der Waals surface area contributed by atoms with Crippen LogP contribution in [0.1, 0.15) is 16.1 Å². The lowest BCUT2D eigenvalue weighted by molar-refractivity contribution is 0.102. The van der Waals surface area contributed by atoms with Gasteiger partial charge in [-0.2, -0.15) is 0 Å². The Labute approximate surface area is 161 Å². The minimum Gasteiger partial charge on any atom is -0.489 e. The van der Waals surface area contributed by atoms with E-state index in [2.05, 4.69) is 10.3 Å². The molecule has 0 saturated carbocycles. The SMILES string of the molecule is O=C(Nc1ccccc1Cl)c1cc2ccc(OCc3ccccc3)cc2[nH]1. The molecule has 4 rings (SSSR count). The number of H-pyrrole nitrogens is 1. The number of benzene rings is 3. The quantitative estimate of drug-likeness (QED) is 0.472. The third kappa shape index (κ3) is 3.96. The molecule has 1 heterocycles. The molecule has 4 aromatic rings. The number of para-hydroxylation sites is 1. The van der Waals surface area contributed by atoms with E-state index in [1.54, 1.807) is 12.1 Å². The zero-order valence-corrected chi connectivity index (χ0v) is 15.2. The minimum absolute atomic E-state index is 0.244. The Balaban J connectivity index is 1.50. The van der Waals surface area contributed by atoms with Gasteiger partial charge in [0.05, 0.1) is 10.7 Å². The van der Waals surface area contributed by atoms with Crippen molar-refractivity contribution in [2.45, 2.75) is 6.61 Å². The molecule has 0 bridgehead atoms. The molecule has 0 radical (unpaired) electrons. The molecule has 5 heteroatoms. The largest absolute Gasteiger partial charge is 0.489 e. The number of anilines is 1. The van der Waals surface area contributed by atoms with E-state index in [0.29, 0.717) is 23.0 Å². The van der Waals surface area contributed by atoms with Gasteiger partial charge in [-0.05, 0) is 35.9 Å². The van der Waals surface area contributed by atoms with Crippen LogP contribution >= 0.6 is 11.6 Å². The first-order valence-electron chi connectivity index (χ1n) is 8.54. The van der Waals surface area contributed by atoms with Gasteiger partial charge in [0.2, 0.25) is 0 Å². The summed E-state index contributed by atoms with van der Waals surface area (Å²) in [4.78, 5) is 15.6. The van der Waals surface area contributed by atoms with Crippen LogP contribution in [0.5, 0.6) is 5.75 Å². The summed E-state index contributed by atoms with van der Waals surface area (Å²) < 4.78 is 5.84. The number of carbonyl (C=O) groups is 1. The minimum atomic E-state index is -0.244. The number of rotatable bonds is 5. The van der Waals surface area contributed by atoms with Crippen LogP contribution < -0.4 is 10.1 Å². The molecule has 0 aliphatic carbocycles. The third-order valence-corrected chi connectivity index (χ3v) is 4.54. The van der Waals surface area contributed by atoms with Crippen LogP contribution in [0, 0.1) is 0 Å². The van der Waals surface area contributed by atoms with Crippen molar-refractivity contribution in [1.82, 2.24) is 4.98 Å². The first-order valence-corrected chi connectivity index (χ1v) is 8.92. The van der Waals surface area contributed by atoms with Crippen molar-refractivity contribution >= 4 is 34.1 Å². The number of amides is 1. The third-order valence-electron chi connectivity index (χ3n) is 4.21. The van der Waals surface area contributed by atoms with Gasteiger partial charge in [-0.15, -0.1) is 0 Å². The van der Waals surface area contributed by atoms with Crippen molar-refractivity contribution in [2.75, 3.05) is 5.32 Å². The fourth-order valence-corrected chi connectivity index (χ4v) is 2.99. The molecule has 134 valence electrons. The predicted octanol–water partition coefficient (Wildman–Crippen LogP) is 5.65. The first-order chi connectivity index (χ1) is 13.2. The standard InChI is InChI=1S/C22H17ClN2O2/c23-18-8-4-5-9-19(18)25-22(26)21-12-16-10-11-17(13-20(16)24-21)27-14-15-6-2-1-3-7-15/h1-13,24H,14H2,(H,25,26). The maximum absolute atomic E-state index is 12.5. The Hall–Kier alpha value is -3.24. The summed E-state index contributed by atoms with van der Waals surface area (Å²) in [7, 11) is 0. The van der Waals surface area contributed by atoms with E-state index in [4.69, 9.17) is 16.3 Å². The fraction of sp³-hybridized carbons (Fsp3) is 0.0455. The lowest BCUT2D eigenvalue weighted by Crippen LogP contribution is -2.12. The van der Waals surface area contributed by atoms with E-state index >= 15 is 0 Å². The van der Waals surface area contributed by atoms with Crippen LogP contribution in [-0.4, -0.2) is 10.9 Å². The van der Waals surface area contributed by atoms with E-state index in [1.807, 2.05) is 66.7 Å². The Bertz CT molecular complexity index is 1090.